The minimum atomic E-state index is -4.66. The molecule has 222 valence electrons. The molecule has 5 rings (SSSR count). The molecule has 2 aliphatic heterocycles. The van der Waals surface area contributed by atoms with Crippen LogP contribution in [0.25, 0.3) is 16.9 Å². The molecule has 2 fully saturated rings. The van der Waals surface area contributed by atoms with E-state index in [4.69, 9.17) is 5.73 Å². The van der Waals surface area contributed by atoms with Gasteiger partial charge in [-0.25, -0.2) is 14.5 Å². The normalized spacial score (nSPS) is 16.3. The molecule has 14 heteroatoms. The molecular formula is C28H32F3N9O2. The highest BCUT2D eigenvalue weighted by Crippen LogP contribution is 2.37. The first-order valence-electron chi connectivity index (χ1n) is 13.8. The Labute approximate surface area is 240 Å². The van der Waals surface area contributed by atoms with E-state index in [0.717, 1.165) is 50.2 Å². The molecule has 2 saturated heterocycles. The SMILES string of the molecule is CC#CC(=O)NCC(=O)N1CCN(Cc2cc3c(N4CCCCC4)nc(-c4cnc(N)cc4C(F)(F)F)nn3c2)CC1. The van der Waals surface area contributed by atoms with Crippen molar-refractivity contribution in [1.82, 2.24) is 34.7 Å². The van der Waals surface area contributed by atoms with Gasteiger partial charge in [0.05, 0.1) is 17.7 Å². The Morgan fingerprint density at radius 3 is 2.50 bits per heavy atom. The number of pyridine rings is 1. The molecule has 0 radical (unpaired) electrons. The maximum Gasteiger partial charge on any atom is 0.417 e. The first kappa shape index (κ1) is 29.1. The molecular weight excluding hydrogens is 551 g/mol. The largest absolute Gasteiger partial charge is 0.417 e. The number of carbonyl (C=O) groups is 2. The second kappa shape index (κ2) is 12.2. The zero-order chi connectivity index (χ0) is 29.9. The summed E-state index contributed by atoms with van der Waals surface area (Å²) in [6.45, 7) is 5.80. The highest BCUT2D eigenvalue weighted by Gasteiger charge is 2.35. The zero-order valence-electron chi connectivity index (χ0n) is 23.2. The van der Waals surface area contributed by atoms with Gasteiger partial charge in [-0.05, 0) is 49.8 Å². The molecule has 3 aromatic rings. The highest BCUT2D eigenvalue weighted by atomic mass is 19.4. The number of aromatic nitrogens is 4. The monoisotopic (exact) mass is 583 g/mol. The third kappa shape index (κ3) is 6.57. The molecule has 0 saturated carbocycles. The number of nitrogens with one attached hydrogen (secondary N) is 1. The van der Waals surface area contributed by atoms with Crippen LogP contribution in [0.5, 0.6) is 0 Å². The van der Waals surface area contributed by atoms with Crippen LogP contribution in [0.2, 0.25) is 0 Å². The highest BCUT2D eigenvalue weighted by molar-refractivity contribution is 5.95. The average molecular weight is 584 g/mol. The lowest BCUT2D eigenvalue weighted by atomic mass is 10.1. The molecule has 2 aliphatic rings. The van der Waals surface area contributed by atoms with Crippen LogP contribution in [0.4, 0.5) is 24.8 Å². The van der Waals surface area contributed by atoms with Gasteiger partial charge in [-0.15, -0.1) is 5.10 Å². The van der Waals surface area contributed by atoms with E-state index >= 15 is 0 Å². The standard InChI is InChI=1S/C28H32F3N9O2/c1-2-6-24(41)34-16-25(42)38-11-9-37(10-12-38)17-19-13-22-27(39-7-4-3-5-8-39)35-26(36-40(22)18-19)20-15-33-23(32)14-21(20)28(29,30)31/h13-15,18H,3-5,7-12,16-17H2,1H3,(H2,32,33)(H,34,41). The van der Waals surface area contributed by atoms with Crippen molar-refractivity contribution in [2.45, 2.75) is 38.9 Å². The molecule has 2 amide bonds. The number of anilines is 2. The second-order valence-electron chi connectivity index (χ2n) is 10.4. The second-order valence-corrected chi connectivity index (χ2v) is 10.4. The van der Waals surface area contributed by atoms with Gasteiger partial charge in [0.15, 0.2) is 11.6 Å². The lowest BCUT2D eigenvalue weighted by Gasteiger charge is -2.34. The fourth-order valence-electron chi connectivity index (χ4n) is 5.30. The van der Waals surface area contributed by atoms with Crippen LogP contribution in [-0.4, -0.2) is 87.0 Å². The summed E-state index contributed by atoms with van der Waals surface area (Å²) >= 11 is 0. The van der Waals surface area contributed by atoms with Crippen molar-refractivity contribution in [3.05, 3.63) is 35.7 Å². The van der Waals surface area contributed by atoms with Crippen molar-refractivity contribution >= 4 is 29.0 Å². The van der Waals surface area contributed by atoms with E-state index in [-0.39, 0.29) is 29.7 Å². The molecule has 0 aromatic carbocycles. The number of nitrogen functional groups attached to an aromatic ring is 1. The quantitative estimate of drug-likeness (QED) is 0.423. The Morgan fingerprint density at radius 2 is 1.81 bits per heavy atom. The van der Waals surface area contributed by atoms with Crippen molar-refractivity contribution in [3.63, 3.8) is 0 Å². The molecule has 0 aliphatic carbocycles. The van der Waals surface area contributed by atoms with E-state index in [1.54, 1.807) is 16.3 Å². The number of piperazine rings is 1. The number of piperidine rings is 1. The number of hydrogen-bond acceptors (Lipinski definition) is 8. The van der Waals surface area contributed by atoms with Gasteiger partial charge in [-0.3, -0.25) is 14.5 Å². The molecule has 5 heterocycles. The minimum Gasteiger partial charge on any atom is -0.384 e. The molecule has 11 nitrogen and oxygen atoms in total. The van der Waals surface area contributed by atoms with Crippen molar-refractivity contribution in [1.29, 1.82) is 0 Å². The Morgan fingerprint density at radius 1 is 1.07 bits per heavy atom. The number of nitrogens with two attached hydrogens (primary N) is 1. The van der Waals surface area contributed by atoms with Crippen molar-refractivity contribution < 1.29 is 22.8 Å². The van der Waals surface area contributed by atoms with E-state index in [1.165, 1.54) is 0 Å². The lowest BCUT2D eigenvalue weighted by molar-refractivity contribution is -0.137. The number of rotatable bonds is 6. The summed E-state index contributed by atoms with van der Waals surface area (Å²) in [5.74, 6) is 4.47. The summed E-state index contributed by atoms with van der Waals surface area (Å²) in [5.41, 5.74) is 6.06. The minimum absolute atomic E-state index is 0.0748. The van der Waals surface area contributed by atoms with Gasteiger partial charge in [0.25, 0.3) is 5.91 Å². The van der Waals surface area contributed by atoms with Gasteiger partial charge in [0.1, 0.15) is 11.3 Å². The summed E-state index contributed by atoms with van der Waals surface area (Å²) in [5, 5.41) is 6.98. The van der Waals surface area contributed by atoms with Gasteiger partial charge in [-0.1, -0.05) is 5.92 Å². The predicted molar refractivity (Wildman–Crippen MR) is 150 cm³/mol. The van der Waals surface area contributed by atoms with Gasteiger partial charge < -0.3 is 20.9 Å². The van der Waals surface area contributed by atoms with E-state index in [2.05, 4.69) is 42.0 Å². The van der Waals surface area contributed by atoms with E-state index in [1.807, 2.05) is 12.3 Å². The Bertz CT molecular complexity index is 1530. The van der Waals surface area contributed by atoms with E-state index in [9.17, 15) is 22.8 Å². The first-order valence-corrected chi connectivity index (χ1v) is 13.8. The maximum absolute atomic E-state index is 13.9. The summed E-state index contributed by atoms with van der Waals surface area (Å²) in [6.07, 6.45) is 1.26. The van der Waals surface area contributed by atoms with Gasteiger partial charge in [0, 0.05) is 58.2 Å². The smallest absolute Gasteiger partial charge is 0.384 e. The predicted octanol–water partition coefficient (Wildman–Crippen LogP) is 2.17. The zero-order valence-corrected chi connectivity index (χ0v) is 23.2. The van der Waals surface area contributed by atoms with Crippen molar-refractivity contribution in [2.75, 3.05) is 56.4 Å². The topological polar surface area (TPSA) is 125 Å². The summed E-state index contributed by atoms with van der Waals surface area (Å²) in [6, 6.07) is 2.78. The third-order valence-corrected chi connectivity index (χ3v) is 7.40. The molecule has 0 atom stereocenters. The van der Waals surface area contributed by atoms with Crippen LogP contribution in [0.1, 0.15) is 37.3 Å². The number of fused-ring (bicyclic) bond motifs is 1. The number of nitrogens with zero attached hydrogens (tertiary/aromatic N) is 7. The molecule has 3 N–H and O–H groups in total. The van der Waals surface area contributed by atoms with Crippen LogP contribution in [0.3, 0.4) is 0 Å². The van der Waals surface area contributed by atoms with Gasteiger partial charge in [0.2, 0.25) is 5.91 Å². The Hall–Kier alpha value is -4.38. The number of hydrogen-bond donors (Lipinski definition) is 2. The molecule has 0 spiro atoms. The van der Waals surface area contributed by atoms with Gasteiger partial charge >= 0.3 is 6.18 Å². The summed E-state index contributed by atoms with van der Waals surface area (Å²) in [4.78, 5) is 38.5. The van der Waals surface area contributed by atoms with E-state index < -0.39 is 17.6 Å². The number of carbonyl (C=O) groups excluding carboxylic acids is 2. The maximum atomic E-state index is 13.9. The van der Waals surface area contributed by atoms with Crippen LogP contribution in [0.15, 0.2) is 24.5 Å². The molecule has 42 heavy (non-hydrogen) atoms. The van der Waals surface area contributed by atoms with Crippen LogP contribution in [0, 0.1) is 11.8 Å². The number of amides is 2. The van der Waals surface area contributed by atoms with Crippen molar-refractivity contribution in [3.8, 4) is 23.2 Å². The molecule has 0 unspecified atom stereocenters. The number of alkyl halides is 3. The summed E-state index contributed by atoms with van der Waals surface area (Å²) in [7, 11) is 0. The fourth-order valence-corrected chi connectivity index (χ4v) is 5.30. The first-order chi connectivity index (χ1) is 20.1. The van der Waals surface area contributed by atoms with Crippen LogP contribution in [-0.2, 0) is 22.3 Å². The van der Waals surface area contributed by atoms with Crippen molar-refractivity contribution in [2.24, 2.45) is 0 Å². The van der Waals surface area contributed by atoms with E-state index in [0.29, 0.717) is 44.1 Å². The average Bonchev–Trinajstić information content (AvgIpc) is 3.38. The van der Waals surface area contributed by atoms with Crippen LogP contribution >= 0.6 is 0 Å². The third-order valence-electron chi connectivity index (χ3n) is 7.40. The van der Waals surface area contributed by atoms with Crippen LogP contribution < -0.4 is 16.0 Å². The summed E-state index contributed by atoms with van der Waals surface area (Å²) < 4.78 is 43.4. The fraction of sp³-hybridized carbons (Fsp3) is 0.464. The van der Waals surface area contributed by atoms with Gasteiger partial charge in [-0.2, -0.15) is 13.2 Å². The molecule has 3 aromatic heterocycles. The lowest BCUT2D eigenvalue weighted by Crippen LogP contribution is -2.50. The Kier molecular flexibility index (Phi) is 8.49. The molecule has 0 bridgehead atoms. The number of halogens is 3. The Balaban J connectivity index is 1.37.